The number of H-pyrrole nitrogens is 1. The number of rotatable bonds is 6. The zero-order valence-corrected chi connectivity index (χ0v) is 34.1. The van der Waals surface area contributed by atoms with E-state index in [9.17, 15) is 5.11 Å². The number of fused-ring (bicyclic) bond motifs is 3. The molecular formula is C56H38LiN4O+. The summed E-state index contributed by atoms with van der Waals surface area (Å²) in [5.41, 5.74) is 12.4. The van der Waals surface area contributed by atoms with Gasteiger partial charge >= 0.3 is 18.9 Å². The van der Waals surface area contributed by atoms with Gasteiger partial charge in [-0.05, 0) is 91.0 Å². The van der Waals surface area contributed by atoms with Gasteiger partial charge in [0.25, 0.3) is 0 Å². The first-order valence-electron chi connectivity index (χ1n) is 20.3. The zero-order chi connectivity index (χ0) is 41.0. The molecule has 0 saturated carbocycles. The van der Waals surface area contributed by atoms with Gasteiger partial charge in [0.1, 0.15) is 0 Å². The topological polar surface area (TPSA) is 75.9 Å². The quantitative estimate of drug-likeness (QED) is 0.157. The molecule has 3 aromatic heterocycles. The Morgan fingerprint density at radius 1 is 0.387 bits per heavy atom. The first-order chi connectivity index (χ1) is 30.1. The number of benzene rings is 8. The van der Waals surface area contributed by atoms with Crippen molar-refractivity contribution in [3.05, 3.63) is 225 Å². The Balaban J connectivity index is 0.000000355. The summed E-state index contributed by atoms with van der Waals surface area (Å²) in [6.07, 6.45) is 5.44. The number of aromatic amines is 1. The molecule has 6 heteroatoms. The second-order valence-corrected chi connectivity index (χ2v) is 14.9. The summed E-state index contributed by atoms with van der Waals surface area (Å²) >= 11 is 0. The van der Waals surface area contributed by atoms with Gasteiger partial charge in [-0.15, -0.1) is 0 Å². The van der Waals surface area contributed by atoms with Crippen LogP contribution in [0.2, 0.25) is 0 Å². The number of nitrogens with zero attached hydrogens (tertiary/aromatic N) is 3. The summed E-state index contributed by atoms with van der Waals surface area (Å²) in [6, 6.07) is 71.0. The molecule has 0 unspecified atom stereocenters. The van der Waals surface area contributed by atoms with Crippen LogP contribution < -0.4 is 29.0 Å². The van der Waals surface area contributed by atoms with Crippen LogP contribution in [0.4, 0.5) is 0 Å². The fourth-order valence-electron chi connectivity index (χ4n) is 7.96. The number of para-hydroxylation sites is 1. The Labute approximate surface area is 372 Å². The van der Waals surface area contributed by atoms with Gasteiger partial charge in [0.2, 0.25) is 5.52 Å². The Hall–Kier alpha value is -7.68. The average molecular weight is 790 g/mol. The van der Waals surface area contributed by atoms with Crippen molar-refractivity contribution in [3.8, 4) is 73.0 Å². The predicted octanol–water partition coefficient (Wildman–Crippen LogP) is 9.91. The maximum atomic E-state index is 11.1. The van der Waals surface area contributed by atoms with E-state index in [0.29, 0.717) is 11.3 Å². The minimum Gasteiger partial charge on any atom is -0.868 e. The van der Waals surface area contributed by atoms with Crippen LogP contribution >= 0.6 is 0 Å². The van der Waals surface area contributed by atoms with Crippen molar-refractivity contribution in [2.45, 2.75) is 0 Å². The minimum absolute atomic E-state index is 0. The number of pyridine rings is 2. The molecule has 11 aromatic rings. The number of nitrogens with one attached hydrogen (secondary N) is 1. The molecule has 8 aromatic carbocycles. The molecule has 0 aliphatic rings. The summed E-state index contributed by atoms with van der Waals surface area (Å²) in [5.74, 6) is 0.733. The molecule has 0 radical (unpaired) electrons. The Morgan fingerprint density at radius 2 is 0.919 bits per heavy atom. The molecule has 0 aliphatic carbocycles. The molecule has 0 aliphatic heterocycles. The summed E-state index contributed by atoms with van der Waals surface area (Å²) in [6.45, 7) is 0. The molecule has 0 fully saturated rings. The van der Waals surface area contributed by atoms with E-state index in [2.05, 4.69) is 180 Å². The van der Waals surface area contributed by atoms with E-state index >= 15 is 0 Å². The maximum Gasteiger partial charge on any atom is 1.00 e. The van der Waals surface area contributed by atoms with Gasteiger partial charge in [-0.3, -0.25) is 4.98 Å². The van der Waals surface area contributed by atoms with Crippen molar-refractivity contribution < 1.29 is 29.0 Å². The molecule has 0 bridgehead atoms. The van der Waals surface area contributed by atoms with Gasteiger partial charge in [-0.25, -0.2) is 15.0 Å². The Morgan fingerprint density at radius 3 is 1.61 bits per heavy atom. The summed E-state index contributed by atoms with van der Waals surface area (Å²) in [7, 11) is 0. The molecule has 11 rings (SSSR count). The van der Waals surface area contributed by atoms with Crippen LogP contribution in [0.15, 0.2) is 225 Å². The van der Waals surface area contributed by atoms with Gasteiger partial charge < -0.3 is 5.11 Å². The first-order valence-corrected chi connectivity index (χ1v) is 20.3. The van der Waals surface area contributed by atoms with E-state index in [1.54, 1.807) is 24.5 Å². The molecule has 0 saturated heterocycles. The Kier molecular flexibility index (Phi) is 11.5. The third-order valence-corrected chi connectivity index (χ3v) is 11.1. The van der Waals surface area contributed by atoms with E-state index < -0.39 is 0 Å². The third-order valence-electron chi connectivity index (χ3n) is 11.1. The van der Waals surface area contributed by atoms with Gasteiger partial charge in [0.05, 0.1) is 11.4 Å². The van der Waals surface area contributed by atoms with Gasteiger partial charge in [0, 0.05) is 40.5 Å². The normalized spacial score (nSPS) is 10.8. The largest absolute Gasteiger partial charge is 1.00 e. The van der Waals surface area contributed by atoms with Crippen molar-refractivity contribution in [1.29, 1.82) is 0 Å². The molecule has 5 nitrogen and oxygen atoms in total. The van der Waals surface area contributed by atoms with Crippen LogP contribution in [0.25, 0.3) is 99.7 Å². The van der Waals surface area contributed by atoms with Gasteiger partial charge in [-0.2, -0.15) is 0 Å². The number of hydrogen-bond acceptors (Lipinski definition) is 4. The second kappa shape index (κ2) is 17.9. The van der Waals surface area contributed by atoms with Crippen LogP contribution in [0.5, 0.6) is 5.75 Å². The molecule has 3 heterocycles. The van der Waals surface area contributed by atoms with E-state index in [0.717, 1.165) is 55.7 Å². The van der Waals surface area contributed by atoms with Crippen molar-refractivity contribution in [3.63, 3.8) is 0 Å². The number of aromatic nitrogens is 4. The van der Waals surface area contributed by atoms with Crippen molar-refractivity contribution in [2.24, 2.45) is 0 Å². The Bertz CT molecular complexity index is 3300. The fraction of sp³-hybridized carbons (Fsp3) is 0. The van der Waals surface area contributed by atoms with E-state index in [4.69, 9.17) is 9.97 Å². The summed E-state index contributed by atoms with van der Waals surface area (Å²) < 4.78 is 0. The first kappa shape index (κ1) is 39.8. The smallest absolute Gasteiger partial charge is 0.868 e. The predicted molar refractivity (Wildman–Crippen MR) is 247 cm³/mol. The fourth-order valence-corrected chi connectivity index (χ4v) is 7.96. The van der Waals surface area contributed by atoms with Gasteiger partial charge in [0.15, 0.2) is 12.0 Å². The molecule has 0 atom stereocenters. The van der Waals surface area contributed by atoms with E-state index in [1.165, 1.54) is 32.7 Å². The standard InChI is InChI=1S/C47H31N3.C9H7NO.Li/c1-3-16-41-33(9-1)11-6-18-43(41)35-22-26-37(27-23-35)47-49-45(36-24-20-32(21-25-36)40-15-8-28-48-31-40)30-46(50-47)39-14-5-13-38(29-39)44-19-7-12-34-10-2-4-17-42(34)44;11-8-5-1-3-7-4-2-6-10-9(7)8;/h1-31H;1-6,11H;/q;;+1. The van der Waals surface area contributed by atoms with E-state index in [-0.39, 0.29) is 24.6 Å². The van der Waals surface area contributed by atoms with Gasteiger partial charge in [-0.1, -0.05) is 170 Å². The monoisotopic (exact) mass is 789 g/mol. The third kappa shape index (κ3) is 8.24. The minimum atomic E-state index is 0. The second-order valence-electron chi connectivity index (χ2n) is 14.9. The van der Waals surface area contributed by atoms with Crippen LogP contribution in [0, 0.1) is 0 Å². The molecule has 0 amide bonds. The average Bonchev–Trinajstić information content (AvgIpc) is 3.34. The van der Waals surface area contributed by atoms with Crippen LogP contribution in [-0.4, -0.2) is 15.0 Å². The van der Waals surface area contributed by atoms with Crippen molar-refractivity contribution in [1.82, 2.24) is 15.0 Å². The molecule has 0 spiro atoms. The van der Waals surface area contributed by atoms with Crippen LogP contribution in [0.1, 0.15) is 0 Å². The summed E-state index contributed by atoms with van der Waals surface area (Å²) in [4.78, 5) is 17.6. The maximum absolute atomic E-state index is 11.1. The summed E-state index contributed by atoms with van der Waals surface area (Å²) in [5, 5.41) is 17.0. The number of hydrogen-bond donors (Lipinski definition) is 0. The molecule has 1 N–H and O–H groups in total. The zero-order valence-electron chi connectivity index (χ0n) is 34.1. The molecular weight excluding hydrogens is 752 g/mol. The SMILES string of the molecule is [Li+].[O-]c1cccc2ccc[nH+]c12.c1cncc(-c2ccc(-c3cc(-c4cccc(-c5cccc6ccccc56)c4)nc(-c4ccc(-c5cccc6ccccc56)cc4)n3)cc2)c1. The van der Waals surface area contributed by atoms with E-state index in [1.807, 2.05) is 30.5 Å². The molecule has 62 heavy (non-hydrogen) atoms. The van der Waals surface area contributed by atoms with Crippen molar-refractivity contribution in [2.75, 3.05) is 0 Å². The van der Waals surface area contributed by atoms with Crippen molar-refractivity contribution >= 4 is 32.4 Å². The molecule has 288 valence electrons. The van der Waals surface area contributed by atoms with Crippen LogP contribution in [-0.2, 0) is 0 Å². The van der Waals surface area contributed by atoms with Crippen LogP contribution in [0.3, 0.4) is 0 Å².